The number of aromatic nitrogens is 1. The Hall–Kier alpha value is -2.88. The van der Waals surface area contributed by atoms with Gasteiger partial charge in [0.15, 0.2) is 5.78 Å². The largest absolute Gasteiger partial charge is 0.481 e. The lowest BCUT2D eigenvalue weighted by atomic mass is 9.78. The third-order valence-corrected chi connectivity index (χ3v) is 6.96. The highest BCUT2D eigenvalue weighted by atomic mass is 16.4. The molecule has 0 atom stereocenters. The van der Waals surface area contributed by atoms with Crippen molar-refractivity contribution >= 4 is 22.7 Å². The van der Waals surface area contributed by atoms with E-state index in [9.17, 15) is 14.7 Å². The van der Waals surface area contributed by atoms with Gasteiger partial charge in [-0.2, -0.15) is 0 Å². The van der Waals surface area contributed by atoms with Gasteiger partial charge in [-0.05, 0) is 55.9 Å². The van der Waals surface area contributed by atoms with Crippen LogP contribution in [0.4, 0.5) is 0 Å². The second-order valence-electron chi connectivity index (χ2n) is 10.2. The van der Waals surface area contributed by atoms with Crippen LogP contribution >= 0.6 is 0 Å². The molecule has 4 heteroatoms. The summed E-state index contributed by atoms with van der Waals surface area (Å²) in [6, 6.07) is 16.6. The summed E-state index contributed by atoms with van der Waals surface area (Å²) in [4.78, 5) is 25.7. The number of carboxylic acid groups (broad SMARTS) is 1. The molecule has 1 aliphatic carbocycles. The summed E-state index contributed by atoms with van der Waals surface area (Å²) in [6.07, 6.45) is 3.26. The van der Waals surface area contributed by atoms with E-state index in [0.717, 1.165) is 47.0 Å². The number of hydrogen-bond acceptors (Lipinski definition) is 2. The Labute approximate surface area is 190 Å². The van der Waals surface area contributed by atoms with Crippen LogP contribution in [0.3, 0.4) is 0 Å². The van der Waals surface area contributed by atoms with Crippen molar-refractivity contribution in [2.45, 2.75) is 65.8 Å². The zero-order chi connectivity index (χ0) is 23.0. The molecule has 1 heterocycles. The van der Waals surface area contributed by atoms with Crippen molar-refractivity contribution in [3.05, 3.63) is 70.9 Å². The lowest BCUT2D eigenvalue weighted by Crippen LogP contribution is -2.29. The first kappa shape index (κ1) is 22.3. The Morgan fingerprint density at radius 1 is 1.09 bits per heavy atom. The smallest absolute Gasteiger partial charge is 0.309 e. The molecule has 168 valence electrons. The molecule has 1 aliphatic rings. The maximum Gasteiger partial charge on any atom is 0.309 e. The van der Waals surface area contributed by atoms with E-state index in [0.29, 0.717) is 18.9 Å². The molecule has 0 bridgehead atoms. The van der Waals surface area contributed by atoms with Crippen LogP contribution in [0.15, 0.2) is 48.5 Å². The zero-order valence-corrected chi connectivity index (χ0v) is 19.5. The fourth-order valence-corrected chi connectivity index (χ4v) is 4.56. The highest BCUT2D eigenvalue weighted by Crippen LogP contribution is 2.39. The van der Waals surface area contributed by atoms with Gasteiger partial charge in [0.05, 0.1) is 5.41 Å². The molecule has 1 saturated carbocycles. The molecule has 0 spiro atoms. The molecule has 4 rings (SSSR count). The predicted molar refractivity (Wildman–Crippen MR) is 128 cm³/mol. The van der Waals surface area contributed by atoms with E-state index in [4.69, 9.17) is 0 Å². The van der Waals surface area contributed by atoms with Crippen LogP contribution in [0.5, 0.6) is 0 Å². The average molecular weight is 432 g/mol. The molecule has 0 aliphatic heterocycles. The van der Waals surface area contributed by atoms with Gasteiger partial charge in [-0.25, -0.2) is 0 Å². The number of carbonyl (C=O) groups is 2. The van der Waals surface area contributed by atoms with Gasteiger partial charge in [0.25, 0.3) is 0 Å². The van der Waals surface area contributed by atoms with Crippen molar-refractivity contribution < 1.29 is 14.7 Å². The van der Waals surface area contributed by atoms with E-state index in [1.165, 1.54) is 5.56 Å². The van der Waals surface area contributed by atoms with Gasteiger partial charge in [-0.3, -0.25) is 9.59 Å². The van der Waals surface area contributed by atoms with Crippen molar-refractivity contribution in [1.82, 2.24) is 4.57 Å². The van der Waals surface area contributed by atoms with Gasteiger partial charge in [0, 0.05) is 41.0 Å². The average Bonchev–Trinajstić information content (AvgIpc) is 2.99. The van der Waals surface area contributed by atoms with E-state index in [2.05, 4.69) is 48.7 Å². The number of benzene rings is 2. The summed E-state index contributed by atoms with van der Waals surface area (Å²) in [5.74, 6) is -0.258. The molecule has 4 nitrogen and oxygen atoms in total. The fourth-order valence-electron chi connectivity index (χ4n) is 4.56. The summed E-state index contributed by atoms with van der Waals surface area (Å²) in [5, 5.41) is 10.8. The number of nitrogens with zero attached hydrogens (tertiary/aromatic N) is 1. The lowest BCUT2D eigenvalue weighted by Gasteiger charge is -2.26. The van der Waals surface area contributed by atoms with Gasteiger partial charge in [-0.1, -0.05) is 56.7 Å². The van der Waals surface area contributed by atoms with E-state index >= 15 is 0 Å². The van der Waals surface area contributed by atoms with Crippen molar-refractivity contribution in [3.63, 3.8) is 0 Å². The number of fused-ring (bicyclic) bond motifs is 1. The standard InChI is InChI=1S/C28H33NO3/c1-18(2)21-13-14-23-22(15-21)25(26(30)20-11-8-12-20)24(16-28(3,4)27(31)32)29(23)17-19-9-6-5-7-10-19/h5-7,9-10,13-15,18,20H,8,11-12,16-17H2,1-4H3,(H,31,32). The normalized spacial score (nSPS) is 14.7. The number of aliphatic carboxylic acids is 1. The molecule has 1 aromatic heterocycles. The third kappa shape index (κ3) is 4.11. The number of Topliss-reactive ketones (excluding diaryl/α,β-unsaturated/α-hetero) is 1. The summed E-state index contributed by atoms with van der Waals surface area (Å²) in [5.41, 5.74) is 3.97. The first-order valence-corrected chi connectivity index (χ1v) is 11.7. The SMILES string of the molecule is CC(C)c1ccc2c(c1)c(C(=O)C1CCC1)c(CC(C)(C)C(=O)O)n2Cc1ccccc1. The Morgan fingerprint density at radius 3 is 2.34 bits per heavy atom. The molecule has 3 aromatic rings. The Morgan fingerprint density at radius 2 is 1.78 bits per heavy atom. The summed E-state index contributed by atoms with van der Waals surface area (Å²) in [6.45, 7) is 8.42. The van der Waals surface area contributed by atoms with Crippen molar-refractivity contribution in [1.29, 1.82) is 0 Å². The van der Waals surface area contributed by atoms with Gasteiger partial charge in [0.2, 0.25) is 0 Å². The predicted octanol–water partition coefficient (Wildman–Crippen LogP) is 6.45. The summed E-state index contributed by atoms with van der Waals surface area (Å²) < 4.78 is 2.19. The number of carbonyl (C=O) groups excluding carboxylic acids is 1. The maximum atomic E-state index is 13.7. The number of ketones is 1. The Bertz CT molecular complexity index is 1150. The number of carboxylic acids is 1. The van der Waals surface area contributed by atoms with Crippen molar-refractivity contribution in [2.75, 3.05) is 0 Å². The van der Waals surface area contributed by atoms with E-state index in [-0.39, 0.29) is 11.7 Å². The van der Waals surface area contributed by atoms with Gasteiger partial charge >= 0.3 is 5.97 Å². The van der Waals surface area contributed by atoms with Gasteiger partial charge < -0.3 is 9.67 Å². The maximum absolute atomic E-state index is 13.7. The molecule has 0 radical (unpaired) electrons. The molecule has 1 N–H and O–H groups in total. The topological polar surface area (TPSA) is 59.3 Å². The highest BCUT2D eigenvalue weighted by molar-refractivity contribution is 6.11. The molecular formula is C28H33NO3. The van der Waals surface area contributed by atoms with E-state index < -0.39 is 11.4 Å². The van der Waals surface area contributed by atoms with Crippen LogP contribution in [0.1, 0.15) is 80.1 Å². The van der Waals surface area contributed by atoms with E-state index in [1.807, 2.05) is 18.2 Å². The molecule has 32 heavy (non-hydrogen) atoms. The first-order chi connectivity index (χ1) is 15.2. The molecule has 0 unspecified atom stereocenters. The van der Waals surface area contributed by atoms with E-state index in [1.54, 1.807) is 13.8 Å². The zero-order valence-electron chi connectivity index (χ0n) is 19.5. The minimum atomic E-state index is -0.974. The first-order valence-electron chi connectivity index (χ1n) is 11.7. The Kier molecular flexibility index (Phi) is 5.98. The third-order valence-electron chi connectivity index (χ3n) is 6.96. The second-order valence-corrected chi connectivity index (χ2v) is 10.2. The second kappa shape index (κ2) is 8.57. The quantitative estimate of drug-likeness (QED) is 0.417. The molecule has 2 aromatic carbocycles. The summed E-state index contributed by atoms with van der Waals surface area (Å²) >= 11 is 0. The van der Waals surface area contributed by atoms with Crippen LogP contribution in [0, 0.1) is 11.3 Å². The fraction of sp³-hybridized carbons (Fsp3) is 0.429. The lowest BCUT2D eigenvalue weighted by molar-refractivity contribution is -0.146. The van der Waals surface area contributed by atoms with Crippen LogP contribution in [0.25, 0.3) is 10.9 Å². The van der Waals surface area contributed by atoms with Crippen molar-refractivity contribution in [3.8, 4) is 0 Å². The summed E-state index contributed by atoms with van der Waals surface area (Å²) in [7, 11) is 0. The van der Waals surface area contributed by atoms with Crippen LogP contribution in [-0.4, -0.2) is 21.4 Å². The molecule has 1 fully saturated rings. The minimum absolute atomic E-state index is 0.0557. The highest BCUT2D eigenvalue weighted by Gasteiger charge is 2.36. The number of rotatable bonds is 8. The van der Waals surface area contributed by atoms with Gasteiger partial charge in [0.1, 0.15) is 0 Å². The monoisotopic (exact) mass is 431 g/mol. The molecular weight excluding hydrogens is 398 g/mol. The molecule has 0 saturated heterocycles. The van der Waals surface area contributed by atoms with Crippen LogP contribution in [-0.2, 0) is 17.8 Å². The van der Waals surface area contributed by atoms with Crippen LogP contribution < -0.4 is 0 Å². The Balaban J connectivity index is 1.98. The minimum Gasteiger partial charge on any atom is -0.481 e. The van der Waals surface area contributed by atoms with Gasteiger partial charge in [-0.15, -0.1) is 0 Å². The molecule has 0 amide bonds. The number of hydrogen-bond donors (Lipinski definition) is 1. The van der Waals surface area contributed by atoms with Crippen LogP contribution in [0.2, 0.25) is 0 Å². The van der Waals surface area contributed by atoms with Crippen molar-refractivity contribution in [2.24, 2.45) is 11.3 Å².